The van der Waals surface area contributed by atoms with E-state index in [2.05, 4.69) is 41.5 Å². The summed E-state index contributed by atoms with van der Waals surface area (Å²) in [6.45, 7) is 13.8. The van der Waals surface area contributed by atoms with Crippen LogP contribution in [0.2, 0.25) is 0 Å². The van der Waals surface area contributed by atoms with E-state index in [-0.39, 0.29) is 5.91 Å². The Morgan fingerprint density at radius 1 is 1.29 bits per heavy atom. The number of nitrogens with one attached hydrogen (secondary N) is 2. The van der Waals surface area contributed by atoms with Crippen molar-refractivity contribution < 1.29 is 9.53 Å². The lowest BCUT2D eigenvalue weighted by Crippen LogP contribution is -2.47. The highest BCUT2D eigenvalue weighted by Gasteiger charge is 2.18. The molecule has 2 N–H and O–H groups in total. The van der Waals surface area contributed by atoms with E-state index in [1.165, 1.54) is 0 Å². The van der Waals surface area contributed by atoms with E-state index in [4.69, 9.17) is 4.74 Å². The molecule has 24 heavy (non-hydrogen) atoms. The van der Waals surface area contributed by atoms with Crippen molar-refractivity contribution in [3.05, 3.63) is 29.3 Å². The molecule has 1 aliphatic rings. The van der Waals surface area contributed by atoms with Crippen LogP contribution in [0.3, 0.4) is 0 Å². The number of hydrogen-bond donors (Lipinski definition) is 2. The molecule has 1 fully saturated rings. The molecular weight excluding hydrogens is 302 g/mol. The van der Waals surface area contributed by atoms with E-state index in [1.807, 2.05) is 19.9 Å². The van der Waals surface area contributed by atoms with Crippen molar-refractivity contribution in [2.24, 2.45) is 0 Å². The number of piperazine rings is 1. The third-order valence-corrected chi connectivity index (χ3v) is 4.40. The predicted octanol–water partition coefficient (Wildman–Crippen LogP) is 1.91. The molecule has 0 spiro atoms. The van der Waals surface area contributed by atoms with Crippen molar-refractivity contribution >= 4 is 5.91 Å². The number of amides is 1. The van der Waals surface area contributed by atoms with Gasteiger partial charge in [-0.1, -0.05) is 26.0 Å². The number of benzene rings is 1. The molecule has 1 aromatic carbocycles. The summed E-state index contributed by atoms with van der Waals surface area (Å²) in [6.07, 6.45) is -0.493. The average Bonchev–Trinajstić information content (AvgIpc) is 2.55. The summed E-state index contributed by atoms with van der Waals surface area (Å²) in [6, 6.07) is 6.19. The summed E-state index contributed by atoms with van der Waals surface area (Å²) in [4.78, 5) is 14.6. The topological polar surface area (TPSA) is 53.6 Å². The average molecular weight is 333 g/mol. The van der Waals surface area contributed by atoms with Crippen molar-refractivity contribution in [1.82, 2.24) is 15.5 Å². The molecule has 0 radical (unpaired) electrons. The Kier molecular flexibility index (Phi) is 7.06. The van der Waals surface area contributed by atoms with E-state index < -0.39 is 6.10 Å². The van der Waals surface area contributed by atoms with E-state index in [0.717, 1.165) is 49.6 Å². The molecule has 0 saturated carbocycles. The number of hydrogen-bond acceptors (Lipinski definition) is 4. The maximum Gasteiger partial charge on any atom is 0.260 e. The van der Waals surface area contributed by atoms with Crippen LogP contribution in [0.4, 0.5) is 0 Å². The smallest absolute Gasteiger partial charge is 0.260 e. The fraction of sp³-hybridized carbons (Fsp3) is 0.632. The Labute approximate surface area is 145 Å². The molecule has 1 aliphatic heterocycles. The number of ether oxygens (including phenoxy) is 1. The zero-order valence-electron chi connectivity index (χ0n) is 15.4. The first-order valence-electron chi connectivity index (χ1n) is 8.95. The third kappa shape index (κ3) is 5.49. The fourth-order valence-corrected chi connectivity index (χ4v) is 2.88. The summed E-state index contributed by atoms with van der Waals surface area (Å²) in [5.74, 6) is 1.12. The Hall–Kier alpha value is -1.59. The van der Waals surface area contributed by atoms with Crippen molar-refractivity contribution in [3.63, 3.8) is 0 Å². The minimum Gasteiger partial charge on any atom is -0.481 e. The molecule has 5 nitrogen and oxygen atoms in total. The van der Waals surface area contributed by atoms with Crippen LogP contribution >= 0.6 is 0 Å². The number of nitrogens with zero attached hydrogens (tertiary/aromatic N) is 1. The largest absolute Gasteiger partial charge is 0.481 e. The van der Waals surface area contributed by atoms with Gasteiger partial charge in [0.2, 0.25) is 0 Å². The SMILES string of the molecule is Cc1ccc(C(C)C)c(OC(C)C(=O)NCCN2CCNCC2)c1. The van der Waals surface area contributed by atoms with Gasteiger partial charge in [0.15, 0.2) is 6.10 Å². The third-order valence-electron chi connectivity index (χ3n) is 4.40. The second-order valence-corrected chi connectivity index (χ2v) is 6.84. The van der Waals surface area contributed by atoms with Crippen LogP contribution in [-0.4, -0.2) is 56.2 Å². The molecule has 0 bridgehead atoms. The summed E-state index contributed by atoms with van der Waals surface area (Å²) in [5, 5.41) is 6.32. The zero-order chi connectivity index (χ0) is 17.5. The minimum absolute atomic E-state index is 0.0543. The van der Waals surface area contributed by atoms with Crippen molar-refractivity contribution in [2.75, 3.05) is 39.3 Å². The monoisotopic (exact) mass is 333 g/mol. The second-order valence-electron chi connectivity index (χ2n) is 6.84. The lowest BCUT2D eigenvalue weighted by molar-refractivity contribution is -0.127. The fourth-order valence-electron chi connectivity index (χ4n) is 2.88. The van der Waals surface area contributed by atoms with Gasteiger partial charge in [0.1, 0.15) is 5.75 Å². The van der Waals surface area contributed by atoms with E-state index >= 15 is 0 Å². The molecular formula is C19H31N3O2. The lowest BCUT2D eigenvalue weighted by Gasteiger charge is -2.27. The Morgan fingerprint density at radius 3 is 2.67 bits per heavy atom. The van der Waals surface area contributed by atoms with Crippen LogP contribution < -0.4 is 15.4 Å². The van der Waals surface area contributed by atoms with Crippen LogP contribution in [0, 0.1) is 6.92 Å². The molecule has 134 valence electrons. The van der Waals surface area contributed by atoms with E-state index in [9.17, 15) is 4.79 Å². The van der Waals surface area contributed by atoms with Gasteiger partial charge in [-0.2, -0.15) is 0 Å². The molecule has 0 aromatic heterocycles. The first-order valence-corrected chi connectivity index (χ1v) is 8.95. The highest BCUT2D eigenvalue weighted by Crippen LogP contribution is 2.28. The van der Waals surface area contributed by atoms with Crippen LogP contribution in [0.5, 0.6) is 5.75 Å². The highest BCUT2D eigenvalue weighted by molar-refractivity contribution is 5.80. The van der Waals surface area contributed by atoms with Gasteiger partial charge >= 0.3 is 0 Å². The van der Waals surface area contributed by atoms with E-state index in [1.54, 1.807) is 0 Å². The number of rotatable bonds is 7. The molecule has 1 atom stereocenters. The van der Waals surface area contributed by atoms with Gasteiger partial charge in [-0.25, -0.2) is 0 Å². The quantitative estimate of drug-likeness (QED) is 0.800. The van der Waals surface area contributed by atoms with Crippen molar-refractivity contribution in [2.45, 2.75) is 39.7 Å². The summed E-state index contributed by atoms with van der Waals surface area (Å²) >= 11 is 0. The first kappa shape index (κ1) is 18.7. The highest BCUT2D eigenvalue weighted by atomic mass is 16.5. The van der Waals surface area contributed by atoms with Gasteiger partial charge in [0, 0.05) is 39.3 Å². The Morgan fingerprint density at radius 2 is 2.00 bits per heavy atom. The summed E-state index contributed by atoms with van der Waals surface area (Å²) < 4.78 is 5.96. The van der Waals surface area contributed by atoms with Crippen LogP contribution in [0.1, 0.15) is 37.8 Å². The molecule has 1 unspecified atom stereocenters. The van der Waals surface area contributed by atoms with Gasteiger partial charge in [-0.15, -0.1) is 0 Å². The van der Waals surface area contributed by atoms with Crippen LogP contribution in [-0.2, 0) is 4.79 Å². The molecule has 1 saturated heterocycles. The first-order chi connectivity index (χ1) is 11.5. The number of carbonyl (C=O) groups is 1. The van der Waals surface area contributed by atoms with Crippen LogP contribution in [0.15, 0.2) is 18.2 Å². The number of aryl methyl sites for hydroxylation is 1. The Balaban J connectivity index is 1.83. The maximum absolute atomic E-state index is 12.3. The van der Waals surface area contributed by atoms with Gasteiger partial charge in [-0.3, -0.25) is 9.69 Å². The Bertz CT molecular complexity index is 539. The summed E-state index contributed by atoms with van der Waals surface area (Å²) in [5.41, 5.74) is 2.28. The molecule has 0 aliphatic carbocycles. The maximum atomic E-state index is 12.3. The molecule has 1 heterocycles. The normalized spacial score (nSPS) is 16.9. The van der Waals surface area contributed by atoms with Crippen molar-refractivity contribution in [1.29, 1.82) is 0 Å². The molecule has 2 rings (SSSR count). The van der Waals surface area contributed by atoms with Crippen molar-refractivity contribution in [3.8, 4) is 5.75 Å². The summed E-state index contributed by atoms with van der Waals surface area (Å²) in [7, 11) is 0. The zero-order valence-corrected chi connectivity index (χ0v) is 15.4. The van der Waals surface area contributed by atoms with E-state index in [0.29, 0.717) is 12.5 Å². The van der Waals surface area contributed by atoms with Gasteiger partial charge < -0.3 is 15.4 Å². The standard InChI is InChI=1S/C19H31N3O2/c1-14(2)17-6-5-15(3)13-18(17)24-16(4)19(23)21-9-12-22-10-7-20-8-11-22/h5-6,13-14,16,20H,7-12H2,1-4H3,(H,21,23). The van der Waals surface area contributed by atoms with Crippen LogP contribution in [0.25, 0.3) is 0 Å². The predicted molar refractivity (Wildman–Crippen MR) is 97.7 cm³/mol. The lowest BCUT2D eigenvalue weighted by atomic mass is 10.0. The minimum atomic E-state index is -0.493. The van der Waals surface area contributed by atoms with Gasteiger partial charge in [-0.05, 0) is 37.0 Å². The molecule has 1 amide bonds. The van der Waals surface area contributed by atoms with Gasteiger partial charge in [0.25, 0.3) is 5.91 Å². The number of carbonyl (C=O) groups excluding carboxylic acids is 1. The molecule has 1 aromatic rings. The molecule has 5 heteroatoms. The van der Waals surface area contributed by atoms with Gasteiger partial charge in [0.05, 0.1) is 0 Å². The second kappa shape index (κ2) is 9.04.